The van der Waals surface area contributed by atoms with E-state index in [1.54, 1.807) is 0 Å². The van der Waals surface area contributed by atoms with Crippen molar-refractivity contribution in [2.75, 3.05) is 0 Å². The van der Waals surface area contributed by atoms with Gasteiger partial charge in [0.1, 0.15) is 6.04 Å². The summed E-state index contributed by atoms with van der Waals surface area (Å²) in [5.74, 6) is -1.23. The quantitative estimate of drug-likeness (QED) is 0.597. The number of rotatable bonds is 5. The SMILES string of the molecule is NC(C=CS(=O)c1ccc([N+](=O)[O-])cc1)C(=O)O. The van der Waals surface area contributed by atoms with Crippen molar-refractivity contribution in [3.8, 4) is 0 Å². The fourth-order valence-electron chi connectivity index (χ4n) is 1.02. The molecule has 1 aromatic rings. The third-order valence-corrected chi connectivity index (χ3v) is 3.12. The molecule has 1 aromatic carbocycles. The van der Waals surface area contributed by atoms with Crippen LogP contribution in [0.3, 0.4) is 0 Å². The summed E-state index contributed by atoms with van der Waals surface area (Å²) in [4.78, 5) is 20.6. The van der Waals surface area contributed by atoms with Crippen molar-refractivity contribution in [3.05, 3.63) is 45.9 Å². The smallest absolute Gasteiger partial charge is 0.324 e. The van der Waals surface area contributed by atoms with Crippen molar-refractivity contribution >= 4 is 22.5 Å². The molecule has 0 spiro atoms. The predicted octanol–water partition coefficient (Wildman–Crippen LogP) is 0.628. The highest BCUT2D eigenvalue weighted by atomic mass is 32.2. The van der Waals surface area contributed by atoms with Crippen molar-refractivity contribution < 1.29 is 19.0 Å². The lowest BCUT2D eigenvalue weighted by molar-refractivity contribution is -0.384. The van der Waals surface area contributed by atoms with Crippen LogP contribution in [0.5, 0.6) is 0 Å². The number of nitrogens with zero attached hydrogens (tertiary/aromatic N) is 1. The topological polar surface area (TPSA) is 124 Å². The van der Waals surface area contributed by atoms with Crippen LogP contribution in [0.4, 0.5) is 5.69 Å². The highest BCUT2D eigenvalue weighted by Gasteiger charge is 2.09. The number of benzene rings is 1. The molecule has 0 aliphatic heterocycles. The Labute approximate surface area is 105 Å². The molecule has 0 heterocycles. The number of nitrogens with two attached hydrogens (primary N) is 1. The molecule has 0 amide bonds. The molecule has 0 aliphatic rings. The summed E-state index contributed by atoms with van der Waals surface area (Å²) in [5, 5.41) is 20.1. The van der Waals surface area contributed by atoms with E-state index in [0.29, 0.717) is 4.90 Å². The fraction of sp³-hybridized carbons (Fsp3) is 0.100. The summed E-state index contributed by atoms with van der Waals surface area (Å²) in [5.41, 5.74) is 5.09. The monoisotopic (exact) mass is 270 g/mol. The summed E-state index contributed by atoms with van der Waals surface area (Å²) in [6.07, 6.45) is 1.10. The van der Waals surface area contributed by atoms with Gasteiger partial charge in [0.2, 0.25) is 0 Å². The first kappa shape index (κ1) is 14.0. The fourth-order valence-corrected chi connectivity index (χ4v) is 1.89. The number of hydrogen-bond acceptors (Lipinski definition) is 5. The second-order valence-corrected chi connectivity index (χ2v) is 4.58. The summed E-state index contributed by atoms with van der Waals surface area (Å²) in [7, 11) is -1.59. The molecule has 2 atom stereocenters. The highest BCUT2D eigenvalue weighted by molar-refractivity contribution is 7.88. The zero-order valence-corrected chi connectivity index (χ0v) is 9.87. The largest absolute Gasteiger partial charge is 0.480 e. The van der Waals surface area contributed by atoms with Crippen molar-refractivity contribution in [1.29, 1.82) is 0 Å². The number of carboxylic acid groups (broad SMARTS) is 1. The maximum absolute atomic E-state index is 11.7. The van der Waals surface area contributed by atoms with Crippen LogP contribution >= 0.6 is 0 Å². The zero-order chi connectivity index (χ0) is 13.7. The van der Waals surface area contributed by atoms with E-state index >= 15 is 0 Å². The minimum absolute atomic E-state index is 0.109. The molecular formula is C10H10N2O5S. The number of nitro benzene ring substituents is 1. The van der Waals surface area contributed by atoms with Crippen LogP contribution in [0.1, 0.15) is 0 Å². The van der Waals surface area contributed by atoms with E-state index < -0.39 is 27.7 Å². The van der Waals surface area contributed by atoms with E-state index in [4.69, 9.17) is 10.8 Å². The summed E-state index contributed by atoms with van der Waals surface area (Å²) >= 11 is 0. The first-order valence-corrected chi connectivity index (χ1v) is 5.95. The number of aliphatic carboxylic acids is 1. The molecule has 0 radical (unpaired) electrons. The minimum Gasteiger partial charge on any atom is -0.480 e. The number of hydrogen-bond donors (Lipinski definition) is 2. The normalized spacial score (nSPS) is 14.3. The average molecular weight is 270 g/mol. The van der Waals surface area contributed by atoms with Gasteiger partial charge in [0.05, 0.1) is 15.7 Å². The predicted molar refractivity (Wildman–Crippen MR) is 64.3 cm³/mol. The van der Waals surface area contributed by atoms with E-state index in [9.17, 15) is 19.1 Å². The Bertz CT molecular complexity index is 512. The molecule has 18 heavy (non-hydrogen) atoms. The van der Waals surface area contributed by atoms with Crippen LogP contribution in [0.25, 0.3) is 0 Å². The van der Waals surface area contributed by atoms with Crippen LogP contribution in [0.2, 0.25) is 0 Å². The van der Waals surface area contributed by atoms with Gasteiger partial charge in [-0.05, 0) is 18.2 Å². The standard InChI is InChI=1S/C10H10N2O5S/c11-9(10(13)14)5-6-18(17)8-3-1-7(2-4-8)12(15)16/h1-6,9H,11H2,(H,13,14). The maximum Gasteiger partial charge on any atom is 0.324 e. The number of carboxylic acids is 1. The third kappa shape index (κ3) is 3.75. The first-order chi connectivity index (χ1) is 8.41. The van der Waals surface area contributed by atoms with E-state index in [2.05, 4.69) is 0 Å². The number of non-ortho nitro benzene ring substituents is 1. The van der Waals surface area contributed by atoms with E-state index in [1.807, 2.05) is 0 Å². The Morgan fingerprint density at radius 1 is 1.44 bits per heavy atom. The molecule has 7 nitrogen and oxygen atoms in total. The van der Waals surface area contributed by atoms with E-state index in [1.165, 1.54) is 24.3 Å². The summed E-state index contributed by atoms with van der Waals surface area (Å²) < 4.78 is 11.7. The van der Waals surface area contributed by atoms with Gasteiger partial charge in [0.15, 0.2) is 0 Å². The van der Waals surface area contributed by atoms with E-state index in [0.717, 1.165) is 11.5 Å². The van der Waals surface area contributed by atoms with Gasteiger partial charge in [-0.25, -0.2) is 4.21 Å². The molecule has 8 heteroatoms. The molecule has 0 saturated heterocycles. The van der Waals surface area contributed by atoms with Crippen LogP contribution in [-0.4, -0.2) is 26.2 Å². The van der Waals surface area contributed by atoms with Gasteiger partial charge in [-0.15, -0.1) is 0 Å². The van der Waals surface area contributed by atoms with Gasteiger partial charge >= 0.3 is 5.97 Å². The van der Waals surface area contributed by atoms with Crippen molar-refractivity contribution in [1.82, 2.24) is 0 Å². The van der Waals surface area contributed by atoms with Gasteiger partial charge in [-0.3, -0.25) is 14.9 Å². The lowest BCUT2D eigenvalue weighted by Crippen LogP contribution is -2.27. The van der Waals surface area contributed by atoms with Crippen molar-refractivity contribution in [3.63, 3.8) is 0 Å². The Hall–Kier alpha value is -2.06. The molecule has 0 fully saturated rings. The van der Waals surface area contributed by atoms with Crippen LogP contribution < -0.4 is 5.73 Å². The lowest BCUT2D eigenvalue weighted by atomic mass is 10.3. The average Bonchev–Trinajstić information content (AvgIpc) is 2.35. The van der Waals surface area contributed by atoms with Crippen LogP contribution in [0, 0.1) is 10.1 Å². The molecule has 0 saturated carbocycles. The third-order valence-electron chi connectivity index (χ3n) is 1.97. The molecule has 0 aromatic heterocycles. The van der Waals surface area contributed by atoms with Gasteiger partial charge in [-0.2, -0.15) is 0 Å². The Morgan fingerprint density at radius 3 is 2.44 bits per heavy atom. The molecule has 1 rings (SSSR count). The molecular weight excluding hydrogens is 260 g/mol. The molecule has 0 bridgehead atoms. The minimum atomic E-state index is -1.59. The number of nitro groups is 1. The van der Waals surface area contributed by atoms with Crippen molar-refractivity contribution in [2.45, 2.75) is 10.9 Å². The Balaban J connectivity index is 2.79. The lowest BCUT2D eigenvalue weighted by Gasteiger charge is -1.99. The molecule has 96 valence electrons. The van der Waals surface area contributed by atoms with Gasteiger partial charge in [0, 0.05) is 22.4 Å². The first-order valence-electron chi connectivity index (χ1n) is 4.73. The molecule has 3 N–H and O–H groups in total. The van der Waals surface area contributed by atoms with E-state index in [-0.39, 0.29) is 5.69 Å². The Morgan fingerprint density at radius 2 is 2.00 bits per heavy atom. The van der Waals surface area contributed by atoms with Gasteiger partial charge < -0.3 is 10.8 Å². The second-order valence-electron chi connectivity index (χ2n) is 3.24. The van der Waals surface area contributed by atoms with Gasteiger partial charge in [0.25, 0.3) is 5.69 Å². The second kappa shape index (κ2) is 6.03. The van der Waals surface area contributed by atoms with Crippen molar-refractivity contribution in [2.24, 2.45) is 5.73 Å². The van der Waals surface area contributed by atoms with Crippen LogP contribution in [-0.2, 0) is 15.6 Å². The maximum atomic E-state index is 11.7. The van der Waals surface area contributed by atoms with Crippen LogP contribution in [0.15, 0.2) is 40.6 Å². The highest BCUT2D eigenvalue weighted by Crippen LogP contribution is 2.15. The zero-order valence-electron chi connectivity index (χ0n) is 9.05. The summed E-state index contributed by atoms with van der Waals surface area (Å²) in [6, 6.07) is 3.89. The molecule has 0 aliphatic carbocycles. The van der Waals surface area contributed by atoms with Gasteiger partial charge in [-0.1, -0.05) is 0 Å². The number of carbonyl (C=O) groups is 1. The summed E-state index contributed by atoms with van der Waals surface area (Å²) in [6.45, 7) is 0. The Kier molecular flexibility index (Phi) is 4.69. The molecule has 2 unspecified atom stereocenters.